The highest BCUT2D eigenvalue weighted by atomic mass is 79.9. The number of piperidine rings is 1. The van der Waals surface area contributed by atoms with Crippen molar-refractivity contribution in [1.29, 1.82) is 0 Å². The van der Waals surface area contributed by atoms with Crippen LogP contribution in [0.15, 0.2) is 15.9 Å². The zero-order valence-corrected chi connectivity index (χ0v) is 13.4. The Kier molecular flexibility index (Phi) is 3.28. The molecule has 2 saturated heterocycles. The standard InChI is InChI=1S/C13H16BrN5S/c14-9-3-5-20-11(9)12-16-13(18-17-12)19-4-1-2-8-6-15-7-10(8)19/h3,5,8,10,15H,1-2,4,6-7H2,(H,16,17,18). The van der Waals surface area contributed by atoms with E-state index in [0.717, 1.165) is 46.7 Å². The maximum absolute atomic E-state index is 4.71. The number of anilines is 1. The molecule has 2 aromatic rings. The minimum absolute atomic E-state index is 0.555. The van der Waals surface area contributed by atoms with Crippen LogP contribution < -0.4 is 10.2 Å². The van der Waals surface area contributed by atoms with E-state index in [1.807, 2.05) is 6.07 Å². The van der Waals surface area contributed by atoms with Crippen molar-refractivity contribution in [3.63, 3.8) is 0 Å². The van der Waals surface area contributed by atoms with Gasteiger partial charge in [0.15, 0.2) is 5.82 Å². The Morgan fingerprint density at radius 3 is 3.20 bits per heavy atom. The monoisotopic (exact) mass is 353 g/mol. The molecule has 2 unspecified atom stereocenters. The molecular formula is C13H16BrN5S. The Balaban J connectivity index is 1.63. The van der Waals surface area contributed by atoms with Crippen LogP contribution in [0.2, 0.25) is 0 Å². The van der Waals surface area contributed by atoms with E-state index in [4.69, 9.17) is 4.98 Å². The number of nitrogens with one attached hydrogen (secondary N) is 2. The molecule has 0 bridgehead atoms. The summed E-state index contributed by atoms with van der Waals surface area (Å²) in [5, 5.41) is 13.1. The number of halogens is 1. The van der Waals surface area contributed by atoms with Crippen LogP contribution in [0.3, 0.4) is 0 Å². The molecule has 0 spiro atoms. The maximum Gasteiger partial charge on any atom is 0.245 e. The lowest BCUT2D eigenvalue weighted by Crippen LogP contribution is -2.45. The van der Waals surface area contributed by atoms with E-state index in [0.29, 0.717) is 6.04 Å². The van der Waals surface area contributed by atoms with Crippen LogP contribution in [-0.4, -0.2) is 40.9 Å². The van der Waals surface area contributed by atoms with E-state index >= 15 is 0 Å². The number of fused-ring (bicyclic) bond motifs is 1. The van der Waals surface area contributed by atoms with Crippen molar-refractivity contribution in [2.24, 2.45) is 5.92 Å². The fourth-order valence-corrected chi connectivity index (χ4v) is 4.76. The van der Waals surface area contributed by atoms with Gasteiger partial charge >= 0.3 is 0 Å². The number of rotatable bonds is 2. The van der Waals surface area contributed by atoms with Gasteiger partial charge in [-0.05, 0) is 46.1 Å². The number of H-pyrrole nitrogens is 1. The number of hydrogen-bond acceptors (Lipinski definition) is 5. The first-order valence-corrected chi connectivity index (χ1v) is 8.63. The normalized spacial score (nSPS) is 25.9. The van der Waals surface area contributed by atoms with Gasteiger partial charge in [-0.2, -0.15) is 4.98 Å². The van der Waals surface area contributed by atoms with Crippen molar-refractivity contribution in [2.75, 3.05) is 24.5 Å². The third kappa shape index (κ3) is 2.08. The summed E-state index contributed by atoms with van der Waals surface area (Å²) in [5.74, 6) is 2.45. The zero-order valence-electron chi connectivity index (χ0n) is 11.0. The third-order valence-corrected chi connectivity index (χ3v) is 6.09. The Hall–Kier alpha value is -0.920. The molecule has 106 valence electrons. The number of hydrogen-bond donors (Lipinski definition) is 2. The van der Waals surface area contributed by atoms with Gasteiger partial charge in [0.2, 0.25) is 5.95 Å². The van der Waals surface area contributed by atoms with E-state index in [2.05, 4.69) is 41.7 Å². The van der Waals surface area contributed by atoms with Crippen LogP contribution >= 0.6 is 27.3 Å². The molecular weight excluding hydrogens is 338 g/mol. The number of thiophene rings is 1. The molecule has 2 aromatic heterocycles. The highest BCUT2D eigenvalue weighted by Crippen LogP contribution is 2.33. The van der Waals surface area contributed by atoms with E-state index in [1.54, 1.807) is 11.3 Å². The molecule has 0 aliphatic carbocycles. The van der Waals surface area contributed by atoms with Gasteiger partial charge in [-0.3, -0.25) is 5.10 Å². The van der Waals surface area contributed by atoms with Crippen molar-refractivity contribution in [1.82, 2.24) is 20.5 Å². The highest BCUT2D eigenvalue weighted by molar-refractivity contribution is 9.10. The molecule has 2 N–H and O–H groups in total. The molecule has 2 atom stereocenters. The zero-order chi connectivity index (χ0) is 13.5. The molecule has 5 nitrogen and oxygen atoms in total. The van der Waals surface area contributed by atoms with E-state index in [1.165, 1.54) is 12.8 Å². The second-order valence-electron chi connectivity index (χ2n) is 5.40. The molecule has 7 heteroatoms. The van der Waals surface area contributed by atoms with Crippen LogP contribution in [0.4, 0.5) is 5.95 Å². The molecule has 0 saturated carbocycles. The van der Waals surface area contributed by atoms with Gasteiger partial charge < -0.3 is 10.2 Å². The summed E-state index contributed by atoms with van der Waals surface area (Å²) in [5.41, 5.74) is 0. The van der Waals surface area contributed by atoms with Gasteiger partial charge in [0.25, 0.3) is 0 Å². The van der Waals surface area contributed by atoms with Crippen LogP contribution in [0, 0.1) is 5.92 Å². The van der Waals surface area contributed by atoms with Gasteiger partial charge in [-0.25, -0.2) is 0 Å². The molecule has 4 rings (SSSR count). The number of aromatic nitrogens is 3. The quantitative estimate of drug-likeness (QED) is 0.870. The molecule has 20 heavy (non-hydrogen) atoms. The van der Waals surface area contributed by atoms with Crippen LogP contribution in [0.5, 0.6) is 0 Å². The largest absolute Gasteiger partial charge is 0.335 e. The summed E-state index contributed by atoms with van der Waals surface area (Å²) in [7, 11) is 0. The molecule has 0 aromatic carbocycles. The summed E-state index contributed by atoms with van der Waals surface area (Å²) >= 11 is 5.22. The van der Waals surface area contributed by atoms with Crippen molar-refractivity contribution in [3.05, 3.63) is 15.9 Å². The lowest BCUT2D eigenvalue weighted by molar-refractivity contribution is 0.381. The number of aromatic amines is 1. The molecule has 0 radical (unpaired) electrons. The molecule has 2 aliphatic heterocycles. The van der Waals surface area contributed by atoms with Gasteiger partial charge in [-0.1, -0.05) is 0 Å². The van der Waals surface area contributed by atoms with Crippen molar-refractivity contribution in [3.8, 4) is 10.7 Å². The second-order valence-corrected chi connectivity index (χ2v) is 7.17. The van der Waals surface area contributed by atoms with Crippen molar-refractivity contribution in [2.45, 2.75) is 18.9 Å². The third-order valence-electron chi connectivity index (χ3n) is 4.24. The van der Waals surface area contributed by atoms with Crippen molar-refractivity contribution < 1.29 is 0 Å². The molecule has 0 amide bonds. The second kappa shape index (κ2) is 5.13. The lowest BCUT2D eigenvalue weighted by Gasteiger charge is -2.36. The Bertz CT molecular complexity index is 609. The molecule has 2 fully saturated rings. The Morgan fingerprint density at radius 2 is 2.35 bits per heavy atom. The minimum atomic E-state index is 0.555. The van der Waals surface area contributed by atoms with Gasteiger partial charge in [0.1, 0.15) is 0 Å². The number of nitrogens with zero attached hydrogens (tertiary/aromatic N) is 3. The summed E-state index contributed by atoms with van der Waals surface area (Å²) in [6, 6.07) is 2.60. The van der Waals surface area contributed by atoms with E-state index in [9.17, 15) is 0 Å². The Morgan fingerprint density at radius 1 is 1.40 bits per heavy atom. The summed E-state index contributed by atoms with van der Waals surface area (Å²) < 4.78 is 1.07. The fraction of sp³-hybridized carbons (Fsp3) is 0.538. The summed E-state index contributed by atoms with van der Waals surface area (Å²) in [6.07, 6.45) is 2.55. The molecule has 2 aliphatic rings. The van der Waals surface area contributed by atoms with E-state index < -0.39 is 0 Å². The van der Waals surface area contributed by atoms with Gasteiger partial charge in [0.05, 0.1) is 4.88 Å². The average Bonchev–Trinajstić information content (AvgIpc) is 3.17. The first kappa shape index (κ1) is 12.8. The van der Waals surface area contributed by atoms with E-state index in [-0.39, 0.29) is 0 Å². The topological polar surface area (TPSA) is 56.8 Å². The summed E-state index contributed by atoms with van der Waals surface area (Å²) in [6.45, 7) is 3.25. The first-order chi connectivity index (χ1) is 9.83. The highest BCUT2D eigenvalue weighted by Gasteiger charge is 2.36. The SMILES string of the molecule is Brc1ccsc1-c1nc(N2CCCC3CNCC32)n[nH]1. The first-order valence-electron chi connectivity index (χ1n) is 6.96. The van der Waals surface area contributed by atoms with Crippen LogP contribution in [0.25, 0.3) is 10.7 Å². The Labute approximate surface area is 129 Å². The predicted octanol–water partition coefficient (Wildman–Crippen LogP) is 2.48. The maximum atomic E-state index is 4.71. The van der Waals surface area contributed by atoms with Crippen molar-refractivity contribution >= 4 is 33.2 Å². The predicted molar refractivity (Wildman–Crippen MR) is 84.1 cm³/mol. The van der Waals surface area contributed by atoms with Crippen LogP contribution in [0.1, 0.15) is 12.8 Å². The van der Waals surface area contributed by atoms with Gasteiger partial charge in [-0.15, -0.1) is 16.4 Å². The fourth-order valence-electron chi connectivity index (χ4n) is 3.26. The minimum Gasteiger partial charge on any atom is -0.335 e. The van der Waals surface area contributed by atoms with Gasteiger partial charge in [0, 0.05) is 30.1 Å². The summed E-state index contributed by atoms with van der Waals surface area (Å²) in [4.78, 5) is 8.19. The smallest absolute Gasteiger partial charge is 0.245 e. The average molecular weight is 354 g/mol. The molecule has 4 heterocycles. The van der Waals surface area contributed by atoms with Crippen LogP contribution in [-0.2, 0) is 0 Å². The lowest BCUT2D eigenvalue weighted by atomic mass is 9.92.